The van der Waals surface area contributed by atoms with E-state index < -0.39 is 16.7 Å². The Bertz CT molecular complexity index is 782. The summed E-state index contributed by atoms with van der Waals surface area (Å²) >= 11 is 0. The highest BCUT2D eigenvalue weighted by molar-refractivity contribution is 6.05. The maximum Gasteiger partial charge on any atom is 0.329 e. The van der Waals surface area contributed by atoms with Crippen molar-refractivity contribution in [1.29, 1.82) is 0 Å². The fourth-order valence-corrected chi connectivity index (χ4v) is 2.14. The van der Waals surface area contributed by atoms with E-state index in [-0.39, 0.29) is 23.5 Å². The number of hydrogen-bond donors (Lipinski definition) is 2. The number of nitrogens with zero attached hydrogens (tertiary/aromatic N) is 4. The van der Waals surface area contributed by atoms with Crippen LogP contribution >= 0.6 is 0 Å². The zero-order valence-electron chi connectivity index (χ0n) is 11.6. The SMILES string of the molecule is Nc1nc(NC2CN(c3ccc(F)cc3)C2=O)ncc1[N+](=O)[O-]. The maximum absolute atomic E-state index is 12.9. The number of benzene rings is 1. The Balaban J connectivity index is 1.67. The summed E-state index contributed by atoms with van der Waals surface area (Å²) in [6.45, 7) is 0.338. The summed E-state index contributed by atoms with van der Waals surface area (Å²) in [4.78, 5) is 31.0. The lowest BCUT2D eigenvalue weighted by Crippen LogP contribution is -2.60. The fraction of sp³-hybridized carbons (Fsp3) is 0.154. The molecular weight excluding hydrogens is 307 g/mol. The van der Waals surface area contributed by atoms with Crippen molar-refractivity contribution in [2.75, 3.05) is 22.5 Å². The molecule has 0 aliphatic carbocycles. The van der Waals surface area contributed by atoms with Gasteiger partial charge in [-0.15, -0.1) is 0 Å². The summed E-state index contributed by atoms with van der Waals surface area (Å²) in [7, 11) is 0. The molecule has 10 heteroatoms. The van der Waals surface area contributed by atoms with Gasteiger partial charge in [-0.25, -0.2) is 9.37 Å². The van der Waals surface area contributed by atoms with Crippen molar-refractivity contribution in [3.8, 4) is 0 Å². The lowest BCUT2D eigenvalue weighted by Gasteiger charge is -2.38. The van der Waals surface area contributed by atoms with Gasteiger partial charge >= 0.3 is 5.69 Å². The van der Waals surface area contributed by atoms with Crippen molar-refractivity contribution in [1.82, 2.24) is 9.97 Å². The number of carbonyl (C=O) groups excluding carboxylic acids is 1. The van der Waals surface area contributed by atoms with Crippen molar-refractivity contribution >= 4 is 29.0 Å². The van der Waals surface area contributed by atoms with Crippen LogP contribution in [0.25, 0.3) is 0 Å². The van der Waals surface area contributed by atoms with E-state index in [1.807, 2.05) is 0 Å². The highest BCUT2D eigenvalue weighted by atomic mass is 19.1. The minimum atomic E-state index is -0.691. The number of anilines is 3. The molecule has 3 rings (SSSR count). The lowest BCUT2D eigenvalue weighted by atomic mass is 10.1. The number of nitro groups is 1. The van der Waals surface area contributed by atoms with Crippen LogP contribution in [0.3, 0.4) is 0 Å². The Morgan fingerprint density at radius 3 is 2.65 bits per heavy atom. The van der Waals surface area contributed by atoms with Gasteiger partial charge in [0.25, 0.3) is 5.91 Å². The first-order valence-corrected chi connectivity index (χ1v) is 6.56. The highest BCUT2D eigenvalue weighted by Gasteiger charge is 2.38. The van der Waals surface area contributed by atoms with Crippen LogP contribution in [0.15, 0.2) is 30.5 Å². The van der Waals surface area contributed by atoms with E-state index in [1.165, 1.54) is 29.2 Å². The van der Waals surface area contributed by atoms with Crippen molar-refractivity contribution in [3.63, 3.8) is 0 Å². The molecule has 1 unspecified atom stereocenters. The largest absolute Gasteiger partial charge is 0.378 e. The van der Waals surface area contributed by atoms with Gasteiger partial charge in [-0.2, -0.15) is 4.98 Å². The molecule has 1 aromatic heterocycles. The molecule has 2 heterocycles. The van der Waals surface area contributed by atoms with Gasteiger partial charge < -0.3 is 16.0 Å². The molecule has 2 aromatic rings. The van der Waals surface area contributed by atoms with Crippen LogP contribution in [0.2, 0.25) is 0 Å². The smallest absolute Gasteiger partial charge is 0.329 e. The Morgan fingerprint density at radius 2 is 2.09 bits per heavy atom. The monoisotopic (exact) mass is 318 g/mol. The highest BCUT2D eigenvalue weighted by Crippen LogP contribution is 2.25. The summed E-state index contributed by atoms with van der Waals surface area (Å²) in [5.41, 5.74) is 5.64. The average Bonchev–Trinajstić information content (AvgIpc) is 2.51. The number of amides is 1. The minimum Gasteiger partial charge on any atom is -0.378 e. The molecule has 0 saturated carbocycles. The van der Waals surface area contributed by atoms with Gasteiger partial charge in [-0.3, -0.25) is 14.9 Å². The molecule has 0 spiro atoms. The van der Waals surface area contributed by atoms with Crippen LogP contribution in [0, 0.1) is 15.9 Å². The van der Waals surface area contributed by atoms with Crippen LogP contribution in [0.4, 0.5) is 27.5 Å². The first-order valence-electron chi connectivity index (χ1n) is 6.56. The van der Waals surface area contributed by atoms with E-state index >= 15 is 0 Å². The molecule has 1 fully saturated rings. The van der Waals surface area contributed by atoms with Gasteiger partial charge in [0.15, 0.2) is 0 Å². The van der Waals surface area contributed by atoms with Crippen molar-refractivity contribution in [2.45, 2.75) is 6.04 Å². The summed E-state index contributed by atoms with van der Waals surface area (Å²) in [5, 5.41) is 13.4. The van der Waals surface area contributed by atoms with E-state index in [0.29, 0.717) is 12.2 Å². The molecule has 1 aromatic carbocycles. The van der Waals surface area contributed by atoms with Crippen LogP contribution in [0.1, 0.15) is 0 Å². The van der Waals surface area contributed by atoms with Gasteiger partial charge in [-0.05, 0) is 24.3 Å². The Hall–Kier alpha value is -3.30. The van der Waals surface area contributed by atoms with Gasteiger partial charge in [0.2, 0.25) is 11.8 Å². The second-order valence-corrected chi connectivity index (χ2v) is 4.84. The first kappa shape index (κ1) is 14.6. The standard InChI is InChI=1S/C13H11FN6O3/c14-7-1-3-8(4-2-7)19-6-9(12(19)21)17-13-16-5-10(20(22)23)11(15)18-13/h1-5,9H,6H2,(H3,15,16,17,18). The number of hydrogen-bond acceptors (Lipinski definition) is 7. The number of nitrogen functional groups attached to an aromatic ring is 1. The molecule has 1 amide bonds. The van der Waals surface area contributed by atoms with Gasteiger partial charge in [-0.1, -0.05) is 0 Å². The zero-order valence-corrected chi connectivity index (χ0v) is 11.6. The first-order chi connectivity index (χ1) is 11.0. The average molecular weight is 318 g/mol. The van der Waals surface area contributed by atoms with Crippen molar-refractivity contribution in [2.24, 2.45) is 0 Å². The number of β-lactam (4-membered cyclic amide) rings is 1. The molecule has 1 aliphatic rings. The number of nitrogens with one attached hydrogen (secondary N) is 1. The van der Waals surface area contributed by atoms with Crippen LogP contribution in [-0.4, -0.2) is 33.4 Å². The second kappa shape index (κ2) is 5.48. The molecule has 23 heavy (non-hydrogen) atoms. The Labute approximate surface area is 129 Å². The van der Waals surface area contributed by atoms with E-state index in [9.17, 15) is 19.3 Å². The number of carbonyl (C=O) groups is 1. The van der Waals surface area contributed by atoms with E-state index in [1.54, 1.807) is 0 Å². The lowest BCUT2D eigenvalue weighted by molar-refractivity contribution is -0.384. The predicted octanol–water partition coefficient (Wildman–Crippen LogP) is 0.933. The summed E-state index contributed by atoms with van der Waals surface area (Å²) in [5.74, 6) is -0.872. The van der Waals surface area contributed by atoms with Crippen LogP contribution in [0.5, 0.6) is 0 Å². The fourth-order valence-electron chi connectivity index (χ4n) is 2.14. The van der Waals surface area contributed by atoms with Gasteiger partial charge in [0.1, 0.15) is 18.1 Å². The third-order valence-corrected chi connectivity index (χ3v) is 3.37. The zero-order chi connectivity index (χ0) is 16.6. The number of nitrogens with two attached hydrogens (primary N) is 1. The quantitative estimate of drug-likeness (QED) is 0.487. The Kier molecular flexibility index (Phi) is 3.48. The molecule has 9 nitrogen and oxygen atoms in total. The molecule has 0 radical (unpaired) electrons. The maximum atomic E-state index is 12.9. The number of rotatable bonds is 4. The van der Waals surface area contributed by atoms with Gasteiger partial charge in [0.05, 0.1) is 11.5 Å². The Morgan fingerprint density at radius 1 is 1.39 bits per heavy atom. The molecule has 1 aliphatic heterocycles. The third-order valence-electron chi connectivity index (χ3n) is 3.37. The van der Waals surface area contributed by atoms with Crippen molar-refractivity contribution < 1.29 is 14.1 Å². The molecule has 1 saturated heterocycles. The summed E-state index contributed by atoms with van der Waals surface area (Å²) in [6, 6.07) is 4.97. The summed E-state index contributed by atoms with van der Waals surface area (Å²) in [6.07, 6.45) is 0.978. The van der Waals surface area contributed by atoms with Gasteiger partial charge in [0, 0.05) is 5.69 Å². The second-order valence-electron chi connectivity index (χ2n) is 4.84. The normalized spacial score (nSPS) is 16.8. The molecule has 118 valence electrons. The van der Waals surface area contributed by atoms with Crippen molar-refractivity contribution in [3.05, 3.63) is 46.4 Å². The van der Waals surface area contributed by atoms with Crippen LogP contribution in [-0.2, 0) is 4.79 Å². The molecule has 0 bridgehead atoms. The number of aromatic nitrogens is 2. The molecule has 3 N–H and O–H groups in total. The van der Waals surface area contributed by atoms with E-state index in [0.717, 1.165) is 6.20 Å². The number of halogens is 1. The third kappa shape index (κ3) is 2.73. The van der Waals surface area contributed by atoms with Crippen LogP contribution < -0.4 is 16.0 Å². The van der Waals surface area contributed by atoms with E-state index in [4.69, 9.17) is 5.73 Å². The topological polar surface area (TPSA) is 127 Å². The summed E-state index contributed by atoms with van der Waals surface area (Å²) < 4.78 is 12.9. The predicted molar refractivity (Wildman–Crippen MR) is 79.3 cm³/mol. The molecule has 1 atom stereocenters. The molecular formula is C13H11FN6O3. The van der Waals surface area contributed by atoms with E-state index in [2.05, 4.69) is 15.3 Å². The minimum absolute atomic E-state index is 0.0326.